The van der Waals surface area contributed by atoms with Gasteiger partial charge in [-0.3, -0.25) is 0 Å². The van der Waals surface area contributed by atoms with Crippen LogP contribution in [0.4, 0.5) is 0 Å². The molecule has 1 atom stereocenters. The van der Waals surface area contributed by atoms with Crippen molar-refractivity contribution >= 4 is 5.97 Å². The lowest BCUT2D eigenvalue weighted by molar-refractivity contribution is -0.139. The number of carbonyl (C=O) groups excluding carboxylic acids is 1. The number of cyclic esters (lactones) is 1. The first kappa shape index (κ1) is 33.7. The molecule has 0 bridgehead atoms. The van der Waals surface area contributed by atoms with Crippen molar-refractivity contribution in [2.45, 2.75) is 180 Å². The molecule has 0 fully saturated rings. The Balaban J connectivity index is 1.72. The van der Waals surface area contributed by atoms with Crippen molar-refractivity contribution in [2.75, 3.05) is 0 Å². The van der Waals surface area contributed by atoms with E-state index in [1.165, 1.54) is 148 Å². The summed E-state index contributed by atoms with van der Waals surface area (Å²) in [6, 6.07) is 0. The fourth-order valence-electron chi connectivity index (χ4n) is 5.22. The largest absolute Gasteiger partial charge is 0.455 e. The van der Waals surface area contributed by atoms with E-state index in [1.54, 1.807) is 0 Å². The van der Waals surface area contributed by atoms with Gasteiger partial charge in [-0.2, -0.15) is 0 Å². The molecule has 0 saturated heterocycles. The van der Waals surface area contributed by atoms with Crippen LogP contribution in [0.25, 0.3) is 0 Å². The number of unbranched alkanes of at least 4 members (excludes halogenated alkanes) is 21. The topological polar surface area (TPSA) is 26.3 Å². The lowest BCUT2D eigenvalue weighted by atomic mass is 10.0. The average Bonchev–Trinajstić information content (AvgIpc) is 3.22. The Labute approximate surface area is 231 Å². The number of ether oxygens (including phenoxy) is 1. The Morgan fingerprint density at radius 3 is 1.35 bits per heavy atom. The maximum atomic E-state index is 11.6. The van der Waals surface area contributed by atoms with Crippen LogP contribution in [0.2, 0.25) is 0 Å². The van der Waals surface area contributed by atoms with Crippen LogP contribution < -0.4 is 0 Å². The minimum absolute atomic E-state index is 0.0204. The molecule has 0 aromatic carbocycles. The van der Waals surface area contributed by atoms with Crippen molar-refractivity contribution in [3.63, 3.8) is 0 Å². The van der Waals surface area contributed by atoms with Crippen molar-refractivity contribution in [3.05, 3.63) is 36.0 Å². The Morgan fingerprint density at radius 1 is 0.568 bits per heavy atom. The highest BCUT2D eigenvalue weighted by atomic mass is 16.5. The van der Waals surface area contributed by atoms with Crippen LogP contribution in [-0.2, 0) is 9.53 Å². The predicted molar refractivity (Wildman–Crippen MR) is 163 cm³/mol. The zero-order valence-electron chi connectivity index (χ0n) is 25.0. The fourth-order valence-corrected chi connectivity index (χ4v) is 5.22. The summed E-state index contributed by atoms with van der Waals surface area (Å²) in [5.74, 6) is -0.0944. The molecular weight excluding hydrogens is 452 g/mol. The third kappa shape index (κ3) is 22.4. The van der Waals surface area contributed by atoms with Crippen LogP contribution in [0.3, 0.4) is 0 Å². The first-order valence-electron chi connectivity index (χ1n) is 16.5. The Hall–Kier alpha value is -1.31. The molecule has 0 N–H and O–H groups in total. The van der Waals surface area contributed by atoms with Gasteiger partial charge in [0.25, 0.3) is 0 Å². The third-order valence-electron chi connectivity index (χ3n) is 7.62. The summed E-state index contributed by atoms with van der Waals surface area (Å²) >= 11 is 0. The first-order valence-corrected chi connectivity index (χ1v) is 16.5. The monoisotopic (exact) mass is 514 g/mol. The van der Waals surface area contributed by atoms with E-state index >= 15 is 0 Å². The van der Waals surface area contributed by atoms with E-state index in [-0.39, 0.29) is 12.1 Å². The molecule has 1 rings (SSSR count). The summed E-state index contributed by atoms with van der Waals surface area (Å²) in [4.78, 5) is 11.6. The number of hydrogen-bond donors (Lipinski definition) is 0. The van der Waals surface area contributed by atoms with E-state index in [0.29, 0.717) is 0 Å². The Morgan fingerprint density at radius 2 is 0.946 bits per heavy atom. The fraction of sp³-hybridized carbons (Fsp3) is 0.800. The first-order chi connectivity index (χ1) is 18.2. The van der Waals surface area contributed by atoms with Crippen LogP contribution in [0.1, 0.15) is 174 Å². The molecule has 0 aromatic rings. The van der Waals surface area contributed by atoms with E-state index in [1.807, 2.05) is 13.0 Å². The summed E-state index contributed by atoms with van der Waals surface area (Å²) in [6.45, 7) is 4.23. The van der Waals surface area contributed by atoms with Crippen LogP contribution in [0.15, 0.2) is 36.0 Å². The SMILES string of the molecule is CCCCCCCCCCCCCCC=CCCC=CCCCCCCCCCCC1=CC(C)OC1=O. The molecule has 2 nitrogen and oxygen atoms in total. The van der Waals surface area contributed by atoms with Crippen LogP contribution in [0, 0.1) is 0 Å². The minimum Gasteiger partial charge on any atom is -0.455 e. The molecule has 0 spiro atoms. The Kier molecular flexibility index (Phi) is 24.0. The van der Waals surface area contributed by atoms with Crippen LogP contribution >= 0.6 is 0 Å². The van der Waals surface area contributed by atoms with Gasteiger partial charge in [0, 0.05) is 5.57 Å². The Bertz CT molecular complexity index is 600. The summed E-state index contributed by atoms with van der Waals surface area (Å²) in [6.07, 6.45) is 44.9. The maximum Gasteiger partial charge on any atom is 0.334 e. The smallest absolute Gasteiger partial charge is 0.334 e. The van der Waals surface area contributed by atoms with E-state index < -0.39 is 0 Å². The highest BCUT2D eigenvalue weighted by Gasteiger charge is 2.21. The lowest BCUT2D eigenvalue weighted by Crippen LogP contribution is -2.03. The van der Waals surface area contributed by atoms with Crippen molar-refractivity contribution in [1.82, 2.24) is 0 Å². The summed E-state index contributed by atoms with van der Waals surface area (Å²) < 4.78 is 5.15. The van der Waals surface area contributed by atoms with E-state index in [4.69, 9.17) is 4.74 Å². The molecule has 1 unspecified atom stereocenters. The quantitative estimate of drug-likeness (QED) is 0.0619. The highest BCUT2D eigenvalue weighted by molar-refractivity contribution is 5.90. The molecule has 1 aliphatic rings. The lowest BCUT2D eigenvalue weighted by Gasteiger charge is -2.02. The number of allylic oxidation sites excluding steroid dienone is 4. The zero-order valence-corrected chi connectivity index (χ0v) is 25.0. The zero-order chi connectivity index (χ0) is 26.7. The van der Waals surface area contributed by atoms with Gasteiger partial charge in [0.15, 0.2) is 0 Å². The van der Waals surface area contributed by atoms with Crippen molar-refractivity contribution < 1.29 is 9.53 Å². The number of rotatable bonds is 27. The van der Waals surface area contributed by atoms with Gasteiger partial charge in [0.2, 0.25) is 0 Å². The standard InChI is InChI=1S/C35H62O2/c1-3-4-5-6-7-8-9-10-11-12-13-14-15-16-17-18-19-20-21-22-23-24-25-26-27-28-29-30-31-34-32-33(2)37-35(34)36/h16-17,20-21,32-33H,3-15,18-19,22-31H2,1-2H3. The predicted octanol–water partition coefficient (Wildman–Crippen LogP) is 11.7. The molecule has 0 saturated carbocycles. The van der Waals surface area contributed by atoms with Crippen LogP contribution in [-0.4, -0.2) is 12.1 Å². The van der Waals surface area contributed by atoms with Gasteiger partial charge in [-0.15, -0.1) is 0 Å². The normalized spacial score (nSPS) is 15.8. The van der Waals surface area contributed by atoms with Gasteiger partial charge >= 0.3 is 5.97 Å². The van der Waals surface area contributed by atoms with Gasteiger partial charge in [-0.25, -0.2) is 4.79 Å². The molecule has 37 heavy (non-hydrogen) atoms. The van der Waals surface area contributed by atoms with Crippen molar-refractivity contribution in [1.29, 1.82) is 0 Å². The second kappa shape index (κ2) is 26.3. The van der Waals surface area contributed by atoms with Gasteiger partial charge in [0.05, 0.1) is 0 Å². The molecule has 214 valence electrons. The second-order valence-corrected chi connectivity index (χ2v) is 11.4. The van der Waals surface area contributed by atoms with Crippen molar-refractivity contribution in [2.24, 2.45) is 0 Å². The molecule has 1 aliphatic heterocycles. The number of hydrogen-bond acceptors (Lipinski definition) is 2. The molecular formula is C35H62O2. The summed E-state index contributed by atoms with van der Waals surface area (Å²) in [5.41, 5.74) is 0.895. The minimum atomic E-state index is -0.0944. The molecule has 2 heteroatoms. The molecule has 0 radical (unpaired) electrons. The molecule has 0 aromatic heterocycles. The molecule has 0 amide bonds. The van der Waals surface area contributed by atoms with Gasteiger partial charge in [-0.1, -0.05) is 140 Å². The van der Waals surface area contributed by atoms with E-state index in [9.17, 15) is 4.79 Å². The van der Waals surface area contributed by atoms with Gasteiger partial charge in [-0.05, 0) is 64.4 Å². The highest BCUT2D eigenvalue weighted by Crippen LogP contribution is 2.20. The molecule has 0 aliphatic carbocycles. The van der Waals surface area contributed by atoms with Crippen LogP contribution in [0.5, 0.6) is 0 Å². The summed E-state index contributed by atoms with van der Waals surface area (Å²) in [5, 5.41) is 0. The molecule has 1 heterocycles. The van der Waals surface area contributed by atoms with Gasteiger partial charge in [0.1, 0.15) is 6.10 Å². The number of esters is 1. The average molecular weight is 515 g/mol. The number of carbonyl (C=O) groups is 1. The van der Waals surface area contributed by atoms with Crippen molar-refractivity contribution in [3.8, 4) is 0 Å². The maximum absolute atomic E-state index is 11.6. The third-order valence-corrected chi connectivity index (χ3v) is 7.62. The summed E-state index contributed by atoms with van der Waals surface area (Å²) in [7, 11) is 0. The van der Waals surface area contributed by atoms with E-state index in [2.05, 4.69) is 31.2 Å². The van der Waals surface area contributed by atoms with E-state index in [0.717, 1.165) is 18.4 Å². The van der Waals surface area contributed by atoms with Gasteiger partial charge < -0.3 is 4.74 Å². The second-order valence-electron chi connectivity index (χ2n) is 11.4.